The monoisotopic (exact) mass is 284 g/mol. The van der Waals surface area contributed by atoms with Crippen LogP contribution >= 0.6 is 0 Å². The molecule has 0 N–H and O–H groups in total. The zero-order valence-corrected chi connectivity index (χ0v) is 14.0. The molecule has 7 atom stereocenters. The molecule has 0 aromatic carbocycles. The van der Waals surface area contributed by atoms with Gasteiger partial charge >= 0.3 is 0 Å². The Morgan fingerprint density at radius 1 is 1.10 bits per heavy atom. The standard InChI is InChI=1S/C21H32/c1-3-14-8-10-20(2)15(12-14)4-6-17-18(20)9-11-21-13-16(21)5-7-19(17)21/h4,14,16-19H,3,5-13H2,1-2H3. The molecular formula is C21H32. The van der Waals surface area contributed by atoms with Crippen LogP contribution in [0, 0.1) is 40.4 Å². The molecule has 4 saturated carbocycles. The number of hydrogen-bond donors (Lipinski definition) is 0. The first-order chi connectivity index (χ1) is 10.2. The molecule has 5 aliphatic carbocycles. The Bertz CT molecular complexity index is 488. The highest BCUT2D eigenvalue weighted by atomic mass is 14.7. The number of fused-ring (bicyclic) bond motifs is 4. The van der Waals surface area contributed by atoms with Gasteiger partial charge in [0, 0.05) is 0 Å². The Hall–Kier alpha value is -0.260. The van der Waals surface area contributed by atoms with Crippen molar-refractivity contribution in [3.8, 4) is 0 Å². The van der Waals surface area contributed by atoms with Crippen LogP contribution in [0.3, 0.4) is 0 Å². The highest BCUT2D eigenvalue weighted by molar-refractivity contribution is 5.27. The number of allylic oxidation sites excluding steroid dienone is 2. The molecule has 0 aromatic rings. The average Bonchev–Trinajstić information content (AvgIpc) is 3.07. The van der Waals surface area contributed by atoms with Crippen LogP contribution in [0.2, 0.25) is 0 Å². The summed E-state index contributed by atoms with van der Waals surface area (Å²) in [4.78, 5) is 0. The molecule has 0 radical (unpaired) electrons. The zero-order valence-electron chi connectivity index (χ0n) is 14.0. The normalized spacial score (nSPS) is 57.6. The molecule has 21 heavy (non-hydrogen) atoms. The van der Waals surface area contributed by atoms with Crippen LogP contribution in [-0.2, 0) is 0 Å². The third-order valence-corrected chi connectivity index (χ3v) is 9.14. The van der Waals surface area contributed by atoms with Crippen molar-refractivity contribution in [1.29, 1.82) is 0 Å². The molecule has 0 nitrogen and oxygen atoms in total. The minimum Gasteiger partial charge on any atom is -0.0845 e. The highest BCUT2D eigenvalue weighted by Gasteiger charge is 2.67. The summed E-state index contributed by atoms with van der Waals surface area (Å²) < 4.78 is 0. The number of rotatable bonds is 1. The van der Waals surface area contributed by atoms with E-state index >= 15 is 0 Å². The molecule has 0 amide bonds. The molecule has 5 aliphatic rings. The van der Waals surface area contributed by atoms with Crippen LogP contribution in [-0.4, -0.2) is 0 Å². The van der Waals surface area contributed by atoms with Gasteiger partial charge in [0.1, 0.15) is 0 Å². The molecule has 0 heterocycles. The van der Waals surface area contributed by atoms with E-state index in [-0.39, 0.29) is 0 Å². The summed E-state index contributed by atoms with van der Waals surface area (Å²) in [7, 11) is 0. The summed E-state index contributed by atoms with van der Waals surface area (Å²) in [5.74, 6) is 5.40. The van der Waals surface area contributed by atoms with Gasteiger partial charge in [-0.15, -0.1) is 0 Å². The minimum absolute atomic E-state index is 0.600. The Balaban J connectivity index is 1.47. The van der Waals surface area contributed by atoms with E-state index in [2.05, 4.69) is 19.9 Å². The summed E-state index contributed by atoms with van der Waals surface area (Å²) in [6, 6.07) is 0. The fraction of sp³-hybridized carbons (Fsp3) is 0.905. The van der Waals surface area contributed by atoms with E-state index in [4.69, 9.17) is 0 Å². The summed E-state index contributed by atoms with van der Waals surface area (Å²) in [6.07, 6.45) is 18.0. The molecule has 4 fully saturated rings. The summed E-state index contributed by atoms with van der Waals surface area (Å²) in [5, 5.41) is 0. The van der Waals surface area contributed by atoms with Crippen molar-refractivity contribution in [1.82, 2.24) is 0 Å². The van der Waals surface area contributed by atoms with E-state index in [0.29, 0.717) is 5.41 Å². The fourth-order valence-electron chi connectivity index (χ4n) is 7.76. The summed E-state index contributed by atoms with van der Waals surface area (Å²) in [5.41, 5.74) is 3.37. The van der Waals surface area contributed by atoms with Gasteiger partial charge in [0.05, 0.1) is 0 Å². The Kier molecular flexibility index (Phi) is 2.63. The molecule has 116 valence electrons. The van der Waals surface area contributed by atoms with E-state index in [1.807, 2.05) is 5.57 Å². The molecule has 5 rings (SSSR count). The van der Waals surface area contributed by atoms with Crippen molar-refractivity contribution in [3.63, 3.8) is 0 Å². The molecule has 7 unspecified atom stereocenters. The number of hydrogen-bond acceptors (Lipinski definition) is 0. The first kappa shape index (κ1) is 13.2. The van der Waals surface area contributed by atoms with Crippen molar-refractivity contribution in [2.24, 2.45) is 40.4 Å². The van der Waals surface area contributed by atoms with E-state index in [9.17, 15) is 0 Å². The molecule has 0 aromatic heterocycles. The van der Waals surface area contributed by atoms with Crippen molar-refractivity contribution in [2.75, 3.05) is 0 Å². The van der Waals surface area contributed by atoms with Gasteiger partial charge < -0.3 is 0 Å². The van der Waals surface area contributed by atoms with E-state index < -0.39 is 0 Å². The Morgan fingerprint density at radius 2 is 2.00 bits per heavy atom. The second-order valence-corrected chi connectivity index (χ2v) is 9.53. The fourth-order valence-corrected chi connectivity index (χ4v) is 7.76. The maximum atomic E-state index is 2.75. The topological polar surface area (TPSA) is 0 Å². The molecule has 0 aliphatic heterocycles. The average molecular weight is 284 g/mol. The Labute approximate surface area is 130 Å². The lowest BCUT2D eigenvalue weighted by Gasteiger charge is -2.56. The highest BCUT2D eigenvalue weighted by Crippen LogP contribution is 2.76. The van der Waals surface area contributed by atoms with Gasteiger partial charge in [-0.3, -0.25) is 0 Å². The van der Waals surface area contributed by atoms with Gasteiger partial charge in [-0.25, -0.2) is 0 Å². The van der Waals surface area contributed by atoms with Crippen LogP contribution in [0.4, 0.5) is 0 Å². The van der Waals surface area contributed by atoms with Gasteiger partial charge in [-0.05, 0) is 98.2 Å². The van der Waals surface area contributed by atoms with Crippen LogP contribution in [0.5, 0.6) is 0 Å². The molecule has 1 spiro atoms. The van der Waals surface area contributed by atoms with Crippen molar-refractivity contribution < 1.29 is 0 Å². The first-order valence-corrected chi connectivity index (χ1v) is 9.87. The molecule has 0 bridgehead atoms. The second-order valence-electron chi connectivity index (χ2n) is 9.53. The lowest BCUT2D eigenvalue weighted by atomic mass is 9.49. The van der Waals surface area contributed by atoms with E-state index in [0.717, 1.165) is 35.0 Å². The second kappa shape index (κ2) is 4.18. The van der Waals surface area contributed by atoms with Crippen molar-refractivity contribution >= 4 is 0 Å². The molecule has 0 heteroatoms. The van der Waals surface area contributed by atoms with Crippen molar-refractivity contribution in [3.05, 3.63) is 11.6 Å². The molecular weight excluding hydrogens is 252 g/mol. The Morgan fingerprint density at radius 3 is 2.81 bits per heavy atom. The maximum absolute atomic E-state index is 2.75. The smallest absolute Gasteiger partial charge is 0.00851 e. The van der Waals surface area contributed by atoms with Gasteiger partial charge in [-0.2, -0.15) is 0 Å². The largest absolute Gasteiger partial charge is 0.0845 e. The lowest BCUT2D eigenvalue weighted by Crippen LogP contribution is -2.47. The summed E-state index contributed by atoms with van der Waals surface area (Å²) >= 11 is 0. The van der Waals surface area contributed by atoms with Gasteiger partial charge in [-0.1, -0.05) is 31.9 Å². The van der Waals surface area contributed by atoms with Crippen LogP contribution in [0.15, 0.2) is 11.6 Å². The lowest BCUT2D eigenvalue weighted by molar-refractivity contribution is -0.00700. The van der Waals surface area contributed by atoms with Crippen LogP contribution in [0.1, 0.15) is 78.1 Å². The van der Waals surface area contributed by atoms with E-state index in [1.54, 1.807) is 32.1 Å². The minimum atomic E-state index is 0.600. The SMILES string of the molecule is CCC1CCC2(C)C(=CCC3C2CCC24CC2CCC34)C1. The van der Waals surface area contributed by atoms with Crippen molar-refractivity contribution in [2.45, 2.75) is 78.1 Å². The quantitative estimate of drug-likeness (QED) is 0.520. The zero-order chi connectivity index (χ0) is 14.2. The van der Waals surface area contributed by atoms with E-state index in [1.165, 1.54) is 32.1 Å². The van der Waals surface area contributed by atoms with Crippen LogP contribution in [0.25, 0.3) is 0 Å². The predicted molar refractivity (Wildman–Crippen MR) is 87.9 cm³/mol. The third-order valence-electron chi connectivity index (χ3n) is 9.14. The van der Waals surface area contributed by atoms with Crippen LogP contribution < -0.4 is 0 Å². The predicted octanol–water partition coefficient (Wildman–Crippen LogP) is 5.98. The third kappa shape index (κ3) is 1.58. The van der Waals surface area contributed by atoms with Gasteiger partial charge in [0.2, 0.25) is 0 Å². The summed E-state index contributed by atoms with van der Waals surface area (Å²) in [6.45, 7) is 5.06. The molecule has 0 saturated heterocycles. The van der Waals surface area contributed by atoms with Gasteiger partial charge in [0.25, 0.3) is 0 Å². The maximum Gasteiger partial charge on any atom is -0.00851 e. The van der Waals surface area contributed by atoms with Gasteiger partial charge in [0.15, 0.2) is 0 Å². The first-order valence-electron chi connectivity index (χ1n) is 9.87.